The summed E-state index contributed by atoms with van der Waals surface area (Å²) in [6, 6.07) is 3.32. The van der Waals surface area contributed by atoms with Crippen LogP contribution in [0.3, 0.4) is 0 Å². The molecule has 0 saturated heterocycles. The van der Waals surface area contributed by atoms with E-state index < -0.39 is 0 Å². The van der Waals surface area contributed by atoms with Gasteiger partial charge in [0.1, 0.15) is 6.61 Å². The summed E-state index contributed by atoms with van der Waals surface area (Å²) in [5, 5.41) is 4.85. The first kappa shape index (κ1) is 13.2. The average Bonchev–Trinajstić information content (AvgIpc) is 3.07. The van der Waals surface area contributed by atoms with Crippen molar-refractivity contribution in [2.45, 2.75) is 25.8 Å². The van der Waals surface area contributed by atoms with Crippen molar-refractivity contribution >= 4 is 23.3 Å². The monoisotopic (exact) mass is 292 g/mol. The molecule has 5 nitrogen and oxygen atoms in total. The van der Waals surface area contributed by atoms with Gasteiger partial charge in [-0.15, -0.1) is 11.3 Å². The summed E-state index contributed by atoms with van der Waals surface area (Å²) in [4.78, 5) is 26.9. The first-order valence-electron chi connectivity index (χ1n) is 6.74. The van der Waals surface area contributed by atoms with Gasteiger partial charge < -0.3 is 10.1 Å². The molecule has 1 N–H and O–H groups in total. The van der Waals surface area contributed by atoms with E-state index in [2.05, 4.69) is 12.2 Å². The van der Waals surface area contributed by atoms with Gasteiger partial charge in [0.05, 0.1) is 17.3 Å². The quantitative estimate of drug-likeness (QED) is 0.867. The fourth-order valence-corrected chi connectivity index (χ4v) is 3.32. The van der Waals surface area contributed by atoms with E-state index in [0.717, 1.165) is 23.4 Å². The highest BCUT2D eigenvalue weighted by Gasteiger charge is 2.42. The molecule has 2 amide bonds. The molecule has 0 saturated carbocycles. The number of cyclic esters (lactones) is 1. The molecule has 1 aromatic heterocycles. The van der Waals surface area contributed by atoms with Gasteiger partial charge in [0.2, 0.25) is 0 Å². The minimum atomic E-state index is -0.370. The van der Waals surface area contributed by atoms with E-state index in [1.165, 1.54) is 11.3 Å². The fraction of sp³-hybridized carbons (Fsp3) is 0.429. The predicted molar refractivity (Wildman–Crippen MR) is 75.2 cm³/mol. The van der Waals surface area contributed by atoms with Crippen molar-refractivity contribution < 1.29 is 14.3 Å². The van der Waals surface area contributed by atoms with Crippen molar-refractivity contribution in [2.75, 3.05) is 13.2 Å². The molecule has 0 aromatic carbocycles. The number of nitrogens with zero attached hydrogens (tertiary/aromatic N) is 1. The number of carbonyl (C=O) groups excluding carboxylic acids is 2. The van der Waals surface area contributed by atoms with E-state index >= 15 is 0 Å². The molecule has 2 aliphatic rings. The maximum Gasteiger partial charge on any atom is 0.338 e. The molecule has 6 heteroatoms. The maximum atomic E-state index is 12.3. The van der Waals surface area contributed by atoms with Gasteiger partial charge in [-0.2, -0.15) is 0 Å². The van der Waals surface area contributed by atoms with Crippen LogP contribution in [0.4, 0.5) is 4.79 Å². The van der Waals surface area contributed by atoms with Crippen molar-refractivity contribution in [2.24, 2.45) is 0 Å². The Bertz CT molecular complexity index is 565. The van der Waals surface area contributed by atoms with Crippen LogP contribution in [-0.4, -0.2) is 30.1 Å². The maximum absolute atomic E-state index is 12.3. The lowest BCUT2D eigenvalue weighted by Gasteiger charge is -2.32. The Kier molecular flexibility index (Phi) is 3.48. The van der Waals surface area contributed by atoms with Crippen LogP contribution in [0.15, 0.2) is 28.8 Å². The second kappa shape index (κ2) is 5.28. The van der Waals surface area contributed by atoms with Gasteiger partial charge in [-0.1, -0.05) is 19.4 Å². The molecule has 0 aliphatic carbocycles. The van der Waals surface area contributed by atoms with E-state index in [9.17, 15) is 9.59 Å². The fourth-order valence-electron chi connectivity index (χ4n) is 2.53. The number of hydrogen-bond acceptors (Lipinski definition) is 4. The minimum Gasteiger partial charge on any atom is -0.456 e. The second-order valence-electron chi connectivity index (χ2n) is 4.84. The van der Waals surface area contributed by atoms with Crippen LogP contribution in [0.25, 0.3) is 0 Å². The molecule has 3 heterocycles. The number of nitrogens with one attached hydrogen (secondary N) is 1. The van der Waals surface area contributed by atoms with E-state index in [-0.39, 0.29) is 24.6 Å². The van der Waals surface area contributed by atoms with Gasteiger partial charge in [0, 0.05) is 11.4 Å². The molecule has 0 spiro atoms. The predicted octanol–water partition coefficient (Wildman–Crippen LogP) is 2.43. The molecular formula is C14H16N2O3S. The lowest BCUT2D eigenvalue weighted by atomic mass is 10.0. The molecule has 1 aromatic rings. The van der Waals surface area contributed by atoms with Crippen LogP contribution in [0.5, 0.6) is 0 Å². The molecule has 1 atom stereocenters. The number of rotatable bonds is 4. The number of amides is 2. The molecule has 0 radical (unpaired) electrons. The lowest BCUT2D eigenvalue weighted by molar-refractivity contribution is -0.136. The van der Waals surface area contributed by atoms with Gasteiger partial charge in [-0.25, -0.2) is 9.59 Å². The van der Waals surface area contributed by atoms with Crippen LogP contribution in [0.2, 0.25) is 0 Å². The zero-order chi connectivity index (χ0) is 14.1. The Morgan fingerprint density at radius 3 is 3.05 bits per heavy atom. The normalized spacial score (nSPS) is 21.9. The van der Waals surface area contributed by atoms with Crippen molar-refractivity contribution in [3.63, 3.8) is 0 Å². The third kappa shape index (κ3) is 2.10. The summed E-state index contributed by atoms with van der Waals surface area (Å²) >= 11 is 1.53. The van der Waals surface area contributed by atoms with Crippen molar-refractivity contribution in [1.29, 1.82) is 0 Å². The summed E-state index contributed by atoms with van der Waals surface area (Å²) in [6.45, 7) is 2.89. The number of thiophene rings is 1. The summed E-state index contributed by atoms with van der Waals surface area (Å²) < 4.78 is 5.14. The standard InChI is InChI=1S/C14H16N2O3S/c1-2-3-6-16-9-8-19-13(17)11(9)12(15-14(16)18)10-5-4-7-20-10/h4-5,7,12H,2-3,6,8H2,1H3,(H,15,18)/t12-/m0/s1. The summed E-state index contributed by atoms with van der Waals surface area (Å²) in [6.07, 6.45) is 1.90. The number of esters is 1. The molecular weight excluding hydrogens is 276 g/mol. The minimum absolute atomic E-state index is 0.145. The van der Waals surface area contributed by atoms with E-state index in [1.807, 2.05) is 17.5 Å². The highest BCUT2D eigenvalue weighted by Crippen LogP contribution is 2.36. The van der Waals surface area contributed by atoms with E-state index in [1.54, 1.807) is 4.90 Å². The number of ether oxygens (including phenoxy) is 1. The molecule has 0 unspecified atom stereocenters. The van der Waals surface area contributed by atoms with Gasteiger partial charge >= 0.3 is 12.0 Å². The molecule has 0 bridgehead atoms. The van der Waals surface area contributed by atoms with Gasteiger partial charge in [0.15, 0.2) is 0 Å². The van der Waals surface area contributed by atoms with Crippen molar-refractivity contribution in [3.8, 4) is 0 Å². The zero-order valence-corrected chi connectivity index (χ0v) is 12.0. The molecule has 0 fully saturated rings. The molecule has 2 aliphatic heterocycles. The zero-order valence-electron chi connectivity index (χ0n) is 11.2. The lowest BCUT2D eigenvalue weighted by Crippen LogP contribution is -2.47. The number of carbonyl (C=O) groups is 2. The number of urea groups is 1. The van der Waals surface area contributed by atoms with Gasteiger partial charge in [0.25, 0.3) is 0 Å². The highest BCUT2D eigenvalue weighted by atomic mass is 32.1. The van der Waals surface area contributed by atoms with Crippen molar-refractivity contribution in [1.82, 2.24) is 10.2 Å². The Labute approximate surface area is 121 Å². The number of hydrogen-bond donors (Lipinski definition) is 1. The van der Waals surface area contributed by atoms with Crippen LogP contribution < -0.4 is 5.32 Å². The Hall–Kier alpha value is -1.82. The Balaban J connectivity index is 1.98. The van der Waals surface area contributed by atoms with E-state index in [0.29, 0.717) is 12.1 Å². The molecule has 106 valence electrons. The SMILES string of the molecule is CCCCN1C(=O)N[C@@H](c2cccs2)C2=C1COC2=O. The van der Waals surface area contributed by atoms with Crippen LogP contribution in [-0.2, 0) is 9.53 Å². The molecule has 3 rings (SSSR count). The summed E-state index contributed by atoms with van der Waals surface area (Å²) in [5.41, 5.74) is 1.31. The van der Waals surface area contributed by atoms with E-state index in [4.69, 9.17) is 4.74 Å². The molecule has 20 heavy (non-hydrogen) atoms. The second-order valence-corrected chi connectivity index (χ2v) is 5.82. The smallest absolute Gasteiger partial charge is 0.338 e. The Morgan fingerprint density at radius 1 is 1.50 bits per heavy atom. The number of unbranched alkanes of at least 4 members (excludes halogenated alkanes) is 1. The average molecular weight is 292 g/mol. The van der Waals surface area contributed by atoms with Gasteiger partial charge in [-0.05, 0) is 17.9 Å². The topological polar surface area (TPSA) is 58.6 Å². The third-order valence-electron chi connectivity index (χ3n) is 3.56. The first-order valence-corrected chi connectivity index (χ1v) is 7.62. The first-order chi connectivity index (χ1) is 9.72. The summed E-state index contributed by atoms with van der Waals surface area (Å²) in [5.74, 6) is -0.320. The van der Waals surface area contributed by atoms with Crippen molar-refractivity contribution in [3.05, 3.63) is 33.7 Å². The van der Waals surface area contributed by atoms with Crippen LogP contribution in [0, 0.1) is 0 Å². The third-order valence-corrected chi connectivity index (χ3v) is 4.50. The van der Waals surface area contributed by atoms with Gasteiger partial charge in [-0.3, -0.25) is 4.90 Å². The van der Waals surface area contributed by atoms with Crippen LogP contribution >= 0.6 is 11.3 Å². The Morgan fingerprint density at radius 2 is 2.35 bits per heavy atom. The van der Waals surface area contributed by atoms with Crippen LogP contribution in [0.1, 0.15) is 30.7 Å². The largest absolute Gasteiger partial charge is 0.456 e. The summed E-state index contributed by atoms with van der Waals surface area (Å²) in [7, 11) is 0. The highest BCUT2D eigenvalue weighted by molar-refractivity contribution is 7.10.